The summed E-state index contributed by atoms with van der Waals surface area (Å²) in [6, 6.07) is 7.66. The number of rotatable bonds is 6. The van der Waals surface area contributed by atoms with Crippen LogP contribution in [0.25, 0.3) is 22.2 Å². The highest BCUT2D eigenvalue weighted by atomic mass is 19.1. The van der Waals surface area contributed by atoms with Crippen LogP contribution in [-0.4, -0.2) is 37.4 Å². The molecule has 3 rings (SSSR count). The lowest BCUT2D eigenvalue weighted by atomic mass is 10.0. The van der Waals surface area contributed by atoms with Gasteiger partial charge in [0.25, 0.3) is 0 Å². The van der Waals surface area contributed by atoms with Gasteiger partial charge in [-0.1, -0.05) is 0 Å². The van der Waals surface area contributed by atoms with Gasteiger partial charge in [0.1, 0.15) is 5.82 Å². The van der Waals surface area contributed by atoms with E-state index in [9.17, 15) is 14.3 Å². The number of aromatic amines is 1. The van der Waals surface area contributed by atoms with Crippen LogP contribution in [-0.2, 0) is 11.2 Å². The lowest BCUT2D eigenvalue weighted by Gasteiger charge is -2.14. The lowest BCUT2D eigenvalue weighted by molar-refractivity contribution is -0.136. The predicted octanol–water partition coefficient (Wildman–Crippen LogP) is 3.63. The van der Waals surface area contributed by atoms with Crippen LogP contribution >= 0.6 is 0 Å². The minimum absolute atomic E-state index is 0.255. The molecule has 6 nitrogen and oxygen atoms in total. The maximum atomic E-state index is 13.7. The van der Waals surface area contributed by atoms with Gasteiger partial charge in [-0.3, -0.25) is 4.79 Å². The number of methoxy groups -OCH3 is 3. The largest absolute Gasteiger partial charge is 0.493 e. The molecular weight excluding hydrogens is 341 g/mol. The number of carboxylic acids is 1. The minimum atomic E-state index is -1.01. The van der Waals surface area contributed by atoms with Gasteiger partial charge in [-0.15, -0.1) is 0 Å². The van der Waals surface area contributed by atoms with Crippen molar-refractivity contribution in [2.24, 2.45) is 0 Å². The molecule has 0 aliphatic heterocycles. The first-order valence-electron chi connectivity index (χ1n) is 7.80. The Kier molecular flexibility index (Phi) is 4.71. The number of ether oxygens (including phenoxy) is 3. The molecule has 0 unspecified atom stereocenters. The van der Waals surface area contributed by atoms with Gasteiger partial charge in [0.2, 0.25) is 5.75 Å². The fourth-order valence-electron chi connectivity index (χ4n) is 3.03. The van der Waals surface area contributed by atoms with Crippen molar-refractivity contribution in [2.45, 2.75) is 6.42 Å². The molecule has 0 aliphatic carbocycles. The molecule has 0 aliphatic rings. The Morgan fingerprint density at radius 1 is 1.08 bits per heavy atom. The van der Waals surface area contributed by atoms with Crippen LogP contribution in [0.15, 0.2) is 30.3 Å². The molecule has 2 aromatic carbocycles. The number of carboxylic acid groups (broad SMARTS) is 1. The number of fused-ring (bicyclic) bond motifs is 1. The normalized spacial score (nSPS) is 10.8. The third-order valence-electron chi connectivity index (χ3n) is 4.15. The van der Waals surface area contributed by atoms with Gasteiger partial charge in [-0.25, -0.2) is 4.39 Å². The summed E-state index contributed by atoms with van der Waals surface area (Å²) in [5.74, 6) is -0.134. The molecule has 26 heavy (non-hydrogen) atoms. The number of H-pyrrole nitrogens is 1. The van der Waals surface area contributed by atoms with E-state index in [1.165, 1.54) is 33.5 Å². The van der Waals surface area contributed by atoms with Gasteiger partial charge in [-0.05, 0) is 35.9 Å². The molecule has 1 aromatic heterocycles. The predicted molar refractivity (Wildman–Crippen MR) is 94.7 cm³/mol. The van der Waals surface area contributed by atoms with Crippen LogP contribution in [0.1, 0.15) is 5.56 Å². The van der Waals surface area contributed by atoms with Gasteiger partial charge >= 0.3 is 5.97 Å². The molecule has 7 heteroatoms. The second kappa shape index (κ2) is 6.95. The number of hydrogen-bond acceptors (Lipinski definition) is 4. The summed E-state index contributed by atoms with van der Waals surface area (Å²) in [6.45, 7) is 0. The maximum absolute atomic E-state index is 13.7. The quantitative estimate of drug-likeness (QED) is 0.702. The Bertz CT molecular complexity index is 954. The van der Waals surface area contributed by atoms with Crippen molar-refractivity contribution < 1.29 is 28.5 Å². The number of benzene rings is 2. The third-order valence-corrected chi connectivity index (χ3v) is 4.15. The average Bonchev–Trinajstić information content (AvgIpc) is 2.97. The number of aliphatic carboxylic acids is 1. The molecule has 0 atom stereocenters. The summed E-state index contributed by atoms with van der Waals surface area (Å²) < 4.78 is 29.7. The third kappa shape index (κ3) is 3.03. The molecule has 0 fully saturated rings. The van der Waals surface area contributed by atoms with Crippen LogP contribution < -0.4 is 14.2 Å². The van der Waals surface area contributed by atoms with Crippen molar-refractivity contribution in [1.29, 1.82) is 0 Å². The van der Waals surface area contributed by atoms with Crippen molar-refractivity contribution in [2.75, 3.05) is 21.3 Å². The van der Waals surface area contributed by atoms with Gasteiger partial charge in [0.15, 0.2) is 11.5 Å². The molecule has 0 bridgehead atoms. The van der Waals surface area contributed by atoms with Crippen molar-refractivity contribution >= 4 is 16.9 Å². The van der Waals surface area contributed by atoms with E-state index in [-0.39, 0.29) is 6.42 Å². The van der Waals surface area contributed by atoms with Crippen LogP contribution in [0, 0.1) is 5.82 Å². The zero-order valence-corrected chi connectivity index (χ0v) is 14.6. The van der Waals surface area contributed by atoms with Crippen molar-refractivity contribution in [3.63, 3.8) is 0 Å². The van der Waals surface area contributed by atoms with Gasteiger partial charge in [0, 0.05) is 16.5 Å². The van der Waals surface area contributed by atoms with Gasteiger partial charge in [-0.2, -0.15) is 0 Å². The molecule has 0 saturated carbocycles. The minimum Gasteiger partial charge on any atom is -0.493 e. The molecule has 1 heterocycles. The summed E-state index contributed by atoms with van der Waals surface area (Å²) in [5.41, 5.74) is 2.34. The monoisotopic (exact) mass is 359 g/mol. The Hall–Kier alpha value is -3.22. The van der Waals surface area contributed by atoms with Gasteiger partial charge < -0.3 is 24.3 Å². The Morgan fingerprint density at radius 3 is 2.27 bits per heavy atom. The van der Waals surface area contributed by atoms with E-state index in [4.69, 9.17) is 14.2 Å². The zero-order valence-electron chi connectivity index (χ0n) is 14.6. The van der Waals surface area contributed by atoms with E-state index in [1.54, 1.807) is 18.2 Å². The zero-order chi connectivity index (χ0) is 18.8. The average molecular weight is 359 g/mol. The van der Waals surface area contributed by atoms with Crippen molar-refractivity contribution in [3.05, 3.63) is 41.7 Å². The topological polar surface area (TPSA) is 80.8 Å². The Morgan fingerprint density at radius 2 is 1.73 bits per heavy atom. The van der Waals surface area contributed by atoms with Crippen molar-refractivity contribution in [1.82, 2.24) is 4.98 Å². The fourth-order valence-corrected chi connectivity index (χ4v) is 3.03. The van der Waals surface area contributed by atoms with Crippen molar-refractivity contribution in [3.8, 4) is 28.5 Å². The second-order valence-corrected chi connectivity index (χ2v) is 5.65. The fraction of sp³-hybridized carbons (Fsp3) is 0.211. The molecular formula is C19H18FNO5. The summed E-state index contributed by atoms with van der Waals surface area (Å²) in [5, 5.41) is 9.82. The molecule has 0 spiro atoms. The van der Waals surface area contributed by atoms with E-state index in [2.05, 4.69) is 4.98 Å². The standard InChI is InChI=1S/C19H18FNO5/c1-24-15-6-10(7-16(25-2)19(15)26-3)18-13(9-17(22)23)12-8-11(20)4-5-14(12)21-18/h4-8,21H,9H2,1-3H3,(H,22,23). The summed E-state index contributed by atoms with van der Waals surface area (Å²) in [6.07, 6.45) is -0.255. The molecule has 3 aromatic rings. The van der Waals surface area contributed by atoms with Gasteiger partial charge in [0.05, 0.1) is 33.4 Å². The first-order valence-corrected chi connectivity index (χ1v) is 7.80. The number of halogens is 1. The summed E-state index contributed by atoms with van der Waals surface area (Å²) in [7, 11) is 4.50. The van der Waals surface area contributed by atoms with E-state index in [1.807, 2.05) is 0 Å². The highest BCUT2D eigenvalue weighted by molar-refractivity contribution is 5.94. The molecule has 0 radical (unpaired) electrons. The second-order valence-electron chi connectivity index (χ2n) is 5.65. The van der Waals surface area contributed by atoms with E-state index in [0.29, 0.717) is 45.0 Å². The number of hydrogen-bond donors (Lipinski definition) is 2. The van der Waals surface area contributed by atoms with Crippen LogP contribution in [0.3, 0.4) is 0 Å². The number of carbonyl (C=O) groups is 1. The highest BCUT2D eigenvalue weighted by Gasteiger charge is 2.20. The summed E-state index contributed by atoms with van der Waals surface area (Å²) in [4.78, 5) is 14.5. The maximum Gasteiger partial charge on any atom is 0.307 e. The van der Waals surface area contributed by atoms with E-state index in [0.717, 1.165) is 0 Å². The highest BCUT2D eigenvalue weighted by Crippen LogP contribution is 2.42. The number of aromatic nitrogens is 1. The Labute approximate surface area is 149 Å². The summed E-state index contributed by atoms with van der Waals surface area (Å²) >= 11 is 0. The first-order chi connectivity index (χ1) is 12.5. The molecule has 136 valence electrons. The molecule has 2 N–H and O–H groups in total. The SMILES string of the molecule is COc1cc(-c2[nH]c3ccc(F)cc3c2CC(=O)O)cc(OC)c1OC. The van der Waals surface area contributed by atoms with E-state index < -0.39 is 11.8 Å². The lowest BCUT2D eigenvalue weighted by Crippen LogP contribution is -2.01. The molecule has 0 amide bonds. The Balaban J connectivity index is 2.29. The number of nitrogens with one attached hydrogen (secondary N) is 1. The van der Waals surface area contributed by atoms with E-state index >= 15 is 0 Å². The van der Waals surface area contributed by atoms with Crippen LogP contribution in [0.5, 0.6) is 17.2 Å². The smallest absolute Gasteiger partial charge is 0.307 e. The first kappa shape index (κ1) is 17.6. The molecule has 0 saturated heterocycles. The van der Waals surface area contributed by atoms with Crippen LogP contribution in [0.4, 0.5) is 4.39 Å². The van der Waals surface area contributed by atoms with Crippen LogP contribution in [0.2, 0.25) is 0 Å².